The highest BCUT2D eigenvalue weighted by Gasteiger charge is 2.27. The highest BCUT2D eigenvalue weighted by atomic mass is 32.2. The molecule has 0 radical (unpaired) electrons. The zero-order valence-electron chi connectivity index (χ0n) is 18.0. The van der Waals surface area contributed by atoms with Crippen molar-refractivity contribution in [3.63, 3.8) is 0 Å². The second kappa shape index (κ2) is 9.22. The first kappa shape index (κ1) is 22.4. The Bertz CT molecular complexity index is 1190. The van der Waals surface area contributed by atoms with Gasteiger partial charge in [0.1, 0.15) is 12.3 Å². The van der Waals surface area contributed by atoms with Crippen molar-refractivity contribution >= 4 is 27.3 Å². The molecule has 0 aliphatic heterocycles. The number of aryl methyl sites for hydroxylation is 3. The fourth-order valence-electron chi connectivity index (χ4n) is 3.11. The Morgan fingerprint density at radius 1 is 0.935 bits per heavy atom. The van der Waals surface area contributed by atoms with E-state index in [1.165, 1.54) is 7.11 Å². The lowest BCUT2D eigenvalue weighted by Gasteiger charge is -2.24. The molecule has 1 amide bonds. The SMILES string of the molecule is COc1cccc(N(CC(=O)Nc2cc(C)ccc2C)S(=O)(=O)c2ccc(C)cc2)c1. The second-order valence-corrected chi connectivity index (χ2v) is 9.26. The molecule has 0 aromatic heterocycles. The van der Waals surface area contributed by atoms with Crippen molar-refractivity contribution in [2.45, 2.75) is 25.7 Å². The van der Waals surface area contributed by atoms with Crippen molar-refractivity contribution < 1.29 is 17.9 Å². The third kappa shape index (κ3) is 5.24. The molecule has 0 aliphatic rings. The molecule has 0 saturated carbocycles. The van der Waals surface area contributed by atoms with E-state index in [0.29, 0.717) is 17.1 Å². The van der Waals surface area contributed by atoms with Crippen molar-refractivity contribution in [2.24, 2.45) is 0 Å². The molecule has 3 rings (SSSR count). The molecule has 6 nitrogen and oxygen atoms in total. The molecule has 3 aromatic carbocycles. The summed E-state index contributed by atoms with van der Waals surface area (Å²) < 4.78 is 33.3. The number of hydrogen-bond donors (Lipinski definition) is 1. The van der Waals surface area contributed by atoms with Crippen molar-refractivity contribution in [3.05, 3.63) is 83.4 Å². The first-order valence-corrected chi connectivity index (χ1v) is 11.3. The maximum Gasteiger partial charge on any atom is 0.264 e. The molecule has 0 saturated heterocycles. The molecule has 0 aliphatic carbocycles. The van der Waals surface area contributed by atoms with Crippen molar-refractivity contribution in [1.82, 2.24) is 0 Å². The fourth-order valence-corrected chi connectivity index (χ4v) is 4.52. The third-order valence-electron chi connectivity index (χ3n) is 4.90. The van der Waals surface area contributed by atoms with Crippen LogP contribution in [0.15, 0.2) is 71.6 Å². The molecule has 162 valence electrons. The summed E-state index contributed by atoms with van der Waals surface area (Å²) in [5.74, 6) is 0.0590. The summed E-state index contributed by atoms with van der Waals surface area (Å²) in [6, 6.07) is 18.9. The number of nitrogens with zero attached hydrogens (tertiary/aromatic N) is 1. The summed E-state index contributed by atoms with van der Waals surface area (Å²) in [7, 11) is -2.48. The number of hydrogen-bond acceptors (Lipinski definition) is 4. The maximum atomic E-state index is 13.5. The predicted molar refractivity (Wildman–Crippen MR) is 123 cm³/mol. The molecule has 0 bridgehead atoms. The number of anilines is 2. The Kier molecular flexibility index (Phi) is 6.65. The fraction of sp³-hybridized carbons (Fsp3) is 0.208. The normalized spacial score (nSPS) is 11.1. The van der Waals surface area contributed by atoms with Crippen molar-refractivity contribution in [3.8, 4) is 5.75 Å². The van der Waals surface area contributed by atoms with Crippen LogP contribution >= 0.6 is 0 Å². The van der Waals surface area contributed by atoms with Gasteiger partial charge in [-0.3, -0.25) is 9.10 Å². The van der Waals surface area contributed by atoms with E-state index in [9.17, 15) is 13.2 Å². The van der Waals surface area contributed by atoms with Crippen LogP contribution in [0.2, 0.25) is 0 Å². The predicted octanol–water partition coefficient (Wildman–Crippen LogP) is 4.45. The maximum absolute atomic E-state index is 13.5. The minimum absolute atomic E-state index is 0.112. The molecule has 0 atom stereocenters. The lowest BCUT2D eigenvalue weighted by atomic mass is 10.1. The van der Waals surface area contributed by atoms with Gasteiger partial charge in [-0.05, 0) is 62.2 Å². The Morgan fingerprint density at radius 2 is 1.61 bits per heavy atom. The molecule has 7 heteroatoms. The molecular weight excluding hydrogens is 412 g/mol. The smallest absolute Gasteiger partial charge is 0.264 e. The molecular formula is C24H26N2O4S. The molecule has 31 heavy (non-hydrogen) atoms. The van der Waals surface area contributed by atoms with Gasteiger partial charge in [0.15, 0.2) is 0 Å². The summed E-state index contributed by atoms with van der Waals surface area (Å²) in [6.07, 6.45) is 0. The van der Waals surface area contributed by atoms with Gasteiger partial charge in [0, 0.05) is 11.8 Å². The van der Waals surface area contributed by atoms with Gasteiger partial charge in [-0.2, -0.15) is 0 Å². The van der Waals surface area contributed by atoms with Crippen LogP contribution in [0.25, 0.3) is 0 Å². The van der Waals surface area contributed by atoms with Gasteiger partial charge in [0.05, 0.1) is 17.7 Å². The number of benzene rings is 3. The quantitative estimate of drug-likeness (QED) is 0.591. The lowest BCUT2D eigenvalue weighted by Crippen LogP contribution is -2.38. The first-order valence-electron chi connectivity index (χ1n) is 9.81. The van der Waals surface area contributed by atoms with Gasteiger partial charge in [-0.1, -0.05) is 35.9 Å². The Balaban J connectivity index is 1.98. The van der Waals surface area contributed by atoms with Gasteiger partial charge in [0.2, 0.25) is 5.91 Å². The highest BCUT2D eigenvalue weighted by Crippen LogP contribution is 2.27. The minimum Gasteiger partial charge on any atom is -0.497 e. The topological polar surface area (TPSA) is 75.7 Å². The number of sulfonamides is 1. The largest absolute Gasteiger partial charge is 0.497 e. The van der Waals surface area contributed by atoms with E-state index < -0.39 is 15.9 Å². The summed E-state index contributed by atoms with van der Waals surface area (Å²) in [4.78, 5) is 13.0. The summed E-state index contributed by atoms with van der Waals surface area (Å²) in [6.45, 7) is 5.32. The van der Waals surface area contributed by atoms with Gasteiger partial charge in [-0.15, -0.1) is 0 Å². The molecule has 0 spiro atoms. The van der Waals surface area contributed by atoms with Gasteiger partial charge in [-0.25, -0.2) is 8.42 Å². The van der Waals surface area contributed by atoms with E-state index in [4.69, 9.17) is 4.74 Å². The minimum atomic E-state index is -3.98. The van der Waals surface area contributed by atoms with E-state index in [1.54, 1.807) is 48.5 Å². The summed E-state index contributed by atoms with van der Waals surface area (Å²) in [5, 5.41) is 2.84. The van der Waals surface area contributed by atoms with Crippen LogP contribution in [0.1, 0.15) is 16.7 Å². The number of ether oxygens (including phenoxy) is 1. The van der Waals surface area contributed by atoms with Gasteiger partial charge in [0.25, 0.3) is 10.0 Å². The monoisotopic (exact) mass is 438 g/mol. The Labute approximate surface area is 183 Å². The number of nitrogens with one attached hydrogen (secondary N) is 1. The highest BCUT2D eigenvalue weighted by molar-refractivity contribution is 7.92. The lowest BCUT2D eigenvalue weighted by molar-refractivity contribution is -0.114. The third-order valence-corrected chi connectivity index (χ3v) is 6.69. The summed E-state index contributed by atoms with van der Waals surface area (Å²) in [5.41, 5.74) is 3.84. The van der Waals surface area contributed by atoms with Crippen LogP contribution in [0.3, 0.4) is 0 Å². The van der Waals surface area contributed by atoms with E-state index in [-0.39, 0.29) is 11.4 Å². The summed E-state index contributed by atoms with van der Waals surface area (Å²) >= 11 is 0. The first-order chi connectivity index (χ1) is 14.7. The van der Waals surface area contributed by atoms with Crippen molar-refractivity contribution in [2.75, 3.05) is 23.3 Å². The molecule has 0 heterocycles. The zero-order chi connectivity index (χ0) is 22.6. The van der Waals surface area contributed by atoms with Crippen LogP contribution in [-0.4, -0.2) is 28.0 Å². The molecule has 0 unspecified atom stereocenters. The van der Waals surface area contributed by atoms with Crippen LogP contribution in [0.4, 0.5) is 11.4 Å². The van der Waals surface area contributed by atoms with E-state index in [2.05, 4.69) is 5.32 Å². The van der Waals surface area contributed by atoms with Crippen molar-refractivity contribution in [1.29, 1.82) is 0 Å². The average molecular weight is 439 g/mol. The van der Waals surface area contributed by atoms with Crippen LogP contribution in [-0.2, 0) is 14.8 Å². The van der Waals surface area contributed by atoms with Crippen LogP contribution in [0, 0.1) is 20.8 Å². The number of rotatable bonds is 7. The average Bonchev–Trinajstić information content (AvgIpc) is 2.75. The number of carbonyl (C=O) groups excluding carboxylic acids is 1. The molecule has 0 fully saturated rings. The number of amides is 1. The van der Waals surface area contributed by atoms with E-state index >= 15 is 0 Å². The van der Waals surface area contributed by atoms with Crippen LogP contribution < -0.4 is 14.4 Å². The standard InChI is InChI=1S/C24H26N2O4S/c1-17-9-12-22(13-10-17)31(28,29)26(20-6-5-7-21(15-20)30-4)16-24(27)25-23-14-18(2)8-11-19(23)3/h5-15H,16H2,1-4H3,(H,25,27). The number of methoxy groups -OCH3 is 1. The number of carbonyl (C=O) groups is 1. The molecule has 3 aromatic rings. The van der Waals surface area contributed by atoms with Gasteiger partial charge >= 0.3 is 0 Å². The Morgan fingerprint density at radius 3 is 2.29 bits per heavy atom. The molecule has 1 N–H and O–H groups in total. The second-order valence-electron chi connectivity index (χ2n) is 7.39. The Hall–Kier alpha value is -3.32. The van der Waals surface area contributed by atoms with Crippen LogP contribution in [0.5, 0.6) is 5.75 Å². The zero-order valence-corrected chi connectivity index (χ0v) is 18.9. The van der Waals surface area contributed by atoms with E-state index in [0.717, 1.165) is 21.0 Å². The van der Waals surface area contributed by atoms with Gasteiger partial charge < -0.3 is 10.1 Å². The van der Waals surface area contributed by atoms with E-state index in [1.807, 2.05) is 39.0 Å².